The molecule has 3 aromatic rings. The van der Waals surface area contributed by atoms with Crippen molar-refractivity contribution in [2.75, 3.05) is 31.1 Å². The topological polar surface area (TPSA) is 35.9 Å². The molecular weight excluding hydrogens is 462 g/mol. The number of benzene rings is 3. The van der Waals surface area contributed by atoms with Gasteiger partial charge in [-0.3, -0.25) is 9.79 Å². The number of rotatable bonds is 6. The molecule has 1 saturated heterocycles. The first kappa shape index (κ1) is 24.6. The van der Waals surface area contributed by atoms with Crippen LogP contribution >= 0.6 is 11.8 Å². The van der Waals surface area contributed by atoms with Gasteiger partial charge in [-0.1, -0.05) is 67.4 Å². The maximum atomic E-state index is 13.5. The van der Waals surface area contributed by atoms with E-state index in [4.69, 9.17) is 4.99 Å². The Hall–Kier alpha value is -3.05. The summed E-state index contributed by atoms with van der Waals surface area (Å²) in [5, 5.41) is 0. The van der Waals surface area contributed by atoms with E-state index in [0.29, 0.717) is 0 Å². The molecule has 0 saturated carbocycles. The zero-order chi connectivity index (χ0) is 25.1. The summed E-state index contributed by atoms with van der Waals surface area (Å²) in [7, 11) is 0. The van der Waals surface area contributed by atoms with E-state index in [1.807, 2.05) is 17.0 Å². The summed E-state index contributed by atoms with van der Waals surface area (Å²) in [4.78, 5) is 25.4. The molecule has 0 aromatic heterocycles. The third-order valence-electron chi connectivity index (χ3n) is 7.16. The van der Waals surface area contributed by atoms with E-state index in [2.05, 4.69) is 74.2 Å². The molecule has 2 aliphatic heterocycles. The lowest BCUT2D eigenvalue weighted by molar-refractivity contribution is 0.0746. The highest BCUT2D eigenvalue weighted by Gasteiger charge is 2.25. The quantitative estimate of drug-likeness (QED) is 0.332. The number of anilines is 1. The van der Waals surface area contributed by atoms with Crippen LogP contribution in [0.25, 0.3) is 0 Å². The Bertz CT molecular complexity index is 1290. The summed E-state index contributed by atoms with van der Waals surface area (Å²) >= 11 is 1.76. The van der Waals surface area contributed by atoms with Gasteiger partial charge in [-0.15, -0.1) is 0 Å². The average molecular weight is 498 g/mol. The third-order valence-corrected chi connectivity index (χ3v) is 8.30. The van der Waals surface area contributed by atoms with Gasteiger partial charge in [0.15, 0.2) is 0 Å². The number of carbonyl (C=O) groups excluding carboxylic acids is 1. The fraction of sp³-hybridized carbons (Fsp3) is 0.355. The highest BCUT2D eigenvalue weighted by Crippen LogP contribution is 2.41. The monoisotopic (exact) mass is 497 g/mol. The van der Waals surface area contributed by atoms with Crippen LogP contribution in [0.5, 0.6) is 0 Å². The van der Waals surface area contributed by atoms with Crippen molar-refractivity contribution in [1.82, 2.24) is 4.90 Å². The first-order valence-electron chi connectivity index (χ1n) is 13.1. The van der Waals surface area contributed by atoms with E-state index in [1.165, 1.54) is 40.1 Å². The molecule has 1 amide bonds. The van der Waals surface area contributed by atoms with Crippen LogP contribution in [0.1, 0.15) is 59.7 Å². The van der Waals surface area contributed by atoms with Gasteiger partial charge in [0.05, 0.1) is 5.69 Å². The van der Waals surface area contributed by atoms with E-state index in [9.17, 15) is 4.79 Å². The predicted octanol–water partition coefficient (Wildman–Crippen LogP) is 7.43. The maximum Gasteiger partial charge on any atom is 0.254 e. The van der Waals surface area contributed by atoms with E-state index in [0.717, 1.165) is 60.9 Å². The minimum absolute atomic E-state index is 0.104. The molecule has 5 heteroatoms. The highest BCUT2D eigenvalue weighted by atomic mass is 32.2. The summed E-state index contributed by atoms with van der Waals surface area (Å²) < 4.78 is 0. The largest absolute Gasteiger partial charge is 0.368 e. The fourth-order valence-corrected chi connectivity index (χ4v) is 6.19. The number of piperazine rings is 1. The zero-order valence-corrected chi connectivity index (χ0v) is 22.4. The van der Waals surface area contributed by atoms with E-state index >= 15 is 0 Å². The average Bonchev–Trinajstić information content (AvgIpc) is 3.05. The van der Waals surface area contributed by atoms with Crippen molar-refractivity contribution in [2.45, 2.75) is 56.2 Å². The van der Waals surface area contributed by atoms with Crippen molar-refractivity contribution in [1.29, 1.82) is 0 Å². The van der Waals surface area contributed by atoms with Crippen LogP contribution in [-0.2, 0) is 0 Å². The van der Waals surface area contributed by atoms with Gasteiger partial charge < -0.3 is 9.80 Å². The molecule has 1 fully saturated rings. The third kappa shape index (κ3) is 5.22. The van der Waals surface area contributed by atoms with Crippen LogP contribution in [0.2, 0.25) is 0 Å². The summed E-state index contributed by atoms with van der Waals surface area (Å²) in [5.41, 5.74) is 7.87. The second kappa shape index (κ2) is 10.9. The molecule has 36 heavy (non-hydrogen) atoms. The van der Waals surface area contributed by atoms with Gasteiger partial charge in [0.1, 0.15) is 0 Å². The van der Waals surface area contributed by atoms with E-state index in [1.54, 1.807) is 11.8 Å². The Morgan fingerprint density at radius 2 is 1.72 bits per heavy atom. The maximum absolute atomic E-state index is 13.5. The molecule has 4 nitrogen and oxygen atoms in total. The summed E-state index contributed by atoms with van der Waals surface area (Å²) in [5.74, 6) is 0.104. The van der Waals surface area contributed by atoms with Gasteiger partial charge in [0, 0.05) is 58.5 Å². The van der Waals surface area contributed by atoms with E-state index < -0.39 is 0 Å². The zero-order valence-electron chi connectivity index (χ0n) is 21.6. The first-order valence-corrected chi connectivity index (χ1v) is 14.0. The van der Waals surface area contributed by atoms with Crippen molar-refractivity contribution in [2.24, 2.45) is 4.99 Å². The van der Waals surface area contributed by atoms with Crippen LogP contribution in [0, 0.1) is 13.8 Å². The molecule has 0 unspecified atom stereocenters. The summed E-state index contributed by atoms with van der Waals surface area (Å²) in [6.45, 7) is 9.70. The molecule has 0 bridgehead atoms. The lowest BCUT2D eigenvalue weighted by Crippen LogP contribution is -2.49. The number of hydrogen-bond acceptors (Lipinski definition) is 4. The molecule has 3 aromatic carbocycles. The normalized spacial score (nSPS) is 15.1. The van der Waals surface area contributed by atoms with Crippen LogP contribution in [0.15, 0.2) is 75.4 Å². The number of amides is 1. The molecular formula is C31H35N3OS. The molecule has 0 spiro atoms. The number of fused-ring (bicyclic) bond motifs is 2. The van der Waals surface area contributed by atoms with Crippen molar-refractivity contribution in [3.05, 3.63) is 82.9 Å². The standard InChI is InChI=1S/C31H35N3OS/c1-4-5-6-10-26-25-9-7-8-11-29(25)36-30-15-13-24(21-27(30)32-26)31(35)34-18-16-33(17-19-34)28-14-12-22(2)20-23(28)3/h7-9,11-15,20-21H,4-6,10,16-19H2,1-3H3. The lowest BCUT2D eigenvalue weighted by atomic mass is 10.0. The lowest BCUT2D eigenvalue weighted by Gasteiger charge is -2.37. The number of unbranched alkanes of at least 4 members (excludes halogenated alkanes) is 2. The Balaban J connectivity index is 1.34. The van der Waals surface area contributed by atoms with Gasteiger partial charge in [0.2, 0.25) is 0 Å². The molecule has 186 valence electrons. The van der Waals surface area contributed by atoms with Crippen LogP contribution in [-0.4, -0.2) is 42.7 Å². The fourth-order valence-electron chi connectivity index (χ4n) is 5.17. The van der Waals surface area contributed by atoms with Gasteiger partial charge in [0.25, 0.3) is 5.91 Å². The molecule has 0 radical (unpaired) electrons. The molecule has 5 rings (SSSR count). The van der Waals surface area contributed by atoms with Crippen LogP contribution < -0.4 is 4.90 Å². The highest BCUT2D eigenvalue weighted by molar-refractivity contribution is 7.99. The SMILES string of the molecule is CCCCCC1=Nc2cc(C(=O)N3CCN(c4ccc(C)cc4C)CC3)ccc2Sc2ccccc21. The van der Waals surface area contributed by atoms with Crippen LogP contribution in [0.4, 0.5) is 11.4 Å². The molecule has 0 N–H and O–H groups in total. The molecule has 0 aliphatic carbocycles. The van der Waals surface area contributed by atoms with Crippen LogP contribution in [0.3, 0.4) is 0 Å². The number of aliphatic imine (C=N–C) groups is 1. The Morgan fingerprint density at radius 1 is 0.917 bits per heavy atom. The van der Waals surface area contributed by atoms with Gasteiger partial charge >= 0.3 is 0 Å². The van der Waals surface area contributed by atoms with Crippen molar-refractivity contribution < 1.29 is 4.79 Å². The second-order valence-electron chi connectivity index (χ2n) is 9.87. The number of hydrogen-bond donors (Lipinski definition) is 0. The Labute approximate surface area is 219 Å². The second-order valence-corrected chi connectivity index (χ2v) is 10.9. The Morgan fingerprint density at radius 3 is 2.50 bits per heavy atom. The number of carbonyl (C=O) groups is 1. The number of nitrogens with zero attached hydrogens (tertiary/aromatic N) is 3. The minimum Gasteiger partial charge on any atom is -0.368 e. The minimum atomic E-state index is 0.104. The number of aryl methyl sites for hydroxylation is 2. The van der Waals surface area contributed by atoms with Gasteiger partial charge in [-0.05, 0) is 62.6 Å². The van der Waals surface area contributed by atoms with E-state index in [-0.39, 0.29) is 5.91 Å². The molecule has 2 aliphatic rings. The molecule has 0 atom stereocenters. The summed E-state index contributed by atoms with van der Waals surface area (Å²) in [6, 6.07) is 21.2. The first-order chi connectivity index (χ1) is 17.5. The Kier molecular flexibility index (Phi) is 7.47. The predicted molar refractivity (Wildman–Crippen MR) is 151 cm³/mol. The van der Waals surface area contributed by atoms with Crippen molar-refractivity contribution in [3.63, 3.8) is 0 Å². The smallest absolute Gasteiger partial charge is 0.254 e. The van der Waals surface area contributed by atoms with Gasteiger partial charge in [-0.2, -0.15) is 0 Å². The summed E-state index contributed by atoms with van der Waals surface area (Å²) in [6.07, 6.45) is 4.49. The van der Waals surface area contributed by atoms with Crippen molar-refractivity contribution >= 4 is 34.8 Å². The van der Waals surface area contributed by atoms with Gasteiger partial charge in [-0.25, -0.2) is 0 Å². The van der Waals surface area contributed by atoms with Crippen molar-refractivity contribution in [3.8, 4) is 0 Å². The molecule has 2 heterocycles.